The van der Waals surface area contributed by atoms with Crippen molar-refractivity contribution in [2.45, 2.75) is 39.7 Å². The Morgan fingerprint density at radius 3 is 2.67 bits per heavy atom. The normalized spacial score (nSPS) is 14.5. The number of aromatic nitrogens is 2. The maximum absolute atomic E-state index is 12.3. The van der Waals surface area contributed by atoms with Gasteiger partial charge in [-0.15, -0.1) is 0 Å². The summed E-state index contributed by atoms with van der Waals surface area (Å²) >= 11 is 0. The van der Waals surface area contributed by atoms with Crippen molar-refractivity contribution in [1.82, 2.24) is 15.3 Å². The second-order valence-corrected chi connectivity index (χ2v) is 6.36. The number of benzene rings is 1. The number of amides is 1. The van der Waals surface area contributed by atoms with Gasteiger partial charge in [0.15, 0.2) is 0 Å². The number of hydrogen-bond acceptors (Lipinski definition) is 4. The van der Waals surface area contributed by atoms with Gasteiger partial charge in [-0.3, -0.25) is 4.79 Å². The van der Waals surface area contributed by atoms with Crippen LogP contribution in [0.3, 0.4) is 0 Å². The molecular formula is C19H24N4O. The van der Waals surface area contributed by atoms with Gasteiger partial charge in [0.05, 0.1) is 6.54 Å². The first kappa shape index (κ1) is 16.4. The van der Waals surface area contributed by atoms with Crippen molar-refractivity contribution in [3.8, 4) is 0 Å². The van der Waals surface area contributed by atoms with E-state index >= 15 is 0 Å². The molecule has 0 unspecified atom stereocenters. The number of carbonyl (C=O) groups excluding carboxylic acids is 1. The summed E-state index contributed by atoms with van der Waals surface area (Å²) in [5.74, 6) is 1.51. The van der Waals surface area contributed by atoms with Crippen molar-refractivity contribution < 1.29 is 4.79 Å². The molecule has 2 aromatic rings. The molecule has 1 aliphatic heterocycles. The third-order valence-electron chi connectivity index (χ3n) is 4.55. The van der Waals surface area contributed by atoms with Gasteiger partial charge in [0.1, 0.15) is 11.6 Å². The van der Waals surface area contributed by atoms with Crippen molar-refractivity contribution in [3.63, 3.8) is 0 Å². The number of piperidine rings is 1. The van der Waals surface area contributed by atoms with Crippen LogP contribution in [-0.4, -0.2) is 29.0 Å². The Morgan fingerprint density at radius 1 is 1.12 bits per heavy atom. The first-order valence-corrected chi connectivity index (χ1v) is 8.56. The van der Waals surface area contributed by atoms with Crippen molar-refractivity contribution in [2.24, 2.45) is 0 Å². The maximum Gasteiger partial charge on any atom is 0.251 e. The highest BCUT2D eigenvalue weighted by atomic mass is 16.1. The fraction of sp³-hybridized carbons (Fsp3) is 0.421. The van der Waals surface area contributed by atoms with Crippen molar-refractivity contribution in [3.05, 3.63) is 53.0 Å². The predicted octanol–water partition coefficient (Wildman–Crippen LogP) is 3.01. The molecule has 0 aliphatic carbocycles. The predicted molar refractivity (Wildman–Crippen MR) is 95.2 cm³/mol. The highest BCUT2D eigenvalue weighted by Gasteiger charge is 2.13. The third kappa shape index (κ3) is 3.91. The van der Waals surface area contributed by atoms with Crippen LogP contribution in [0.5, 0.6) is 0 Å². The fourth-order valence-corrected chi connectivity index (χ4v) is 2.92. The van der Waals surface area contributed by atoms with E-state index in [0.29, 0.717) is 17.9 Å². The van der Waals surface area contributed by atoms with Crippen LogP contribution in [0, 0.1) is 13.8 Å². The van der Waals surface area contributed by atoms with Crippen LogP contribution < -0.4 is 10.2 Å². The summed E-state index contributed by atoms with van der Waals surface area (Å²) in [6, 6.07) is 7.68. The molecule has 5 nitrogen and oxygen atoms in total. The number of anilines is 1. The summed E-state index contributed by atoms with van der Waals surface area (Å²) in [5.41, 5.74) is 2.97. The van der Waals surface area contributed by atoms with E-state index < -0.39 is 0 Å². The molecule has 0 saturated carbocycles. The summed E-state index contributed by atoms with van der Waals surface area (Å²) in [7, 11) is 0. The van der Waals surface area contributed by atoms with E-state index in [1.807, 2.05) is 38.1 Å². The SMILES string of the molecule is Cc1ccc(C(=O)NCc2nccc(N3CCCCC3)n2)cc1C. The number of nitrogens with zero attached hydrogens (tertiary/aromatic N) is 3. The van der Waals surface area contributed by atoms with Crippen LogP contribution in [0.2, 0.25) is 0 Å². The standard InChI is InChI=1S/C19H24N4O/c1-14-6-7-16(12-15(14)2)19(24)21-13-17-20-9-8-18(22-17)23-10-4-3-5-11-23/h6-9,12H,3-5,10-11,13H2,1-2H3,(H,21,24). The summed E-state index contributed by atoms with van der Waals surface area (Å²) in [6.07, 6.45) is 5.49. The quantitative estimate of drug-likeness (QED) is 0.939. The lowest BCUT2D eigenvalue weighted by Crippen LogP contribution is -2.31. The van der Waals surface area contributed by atoms with Gasteiger partial charge in [-0.1, -0.05) is 6.07 Å². The molecule has 1 aliphatic rings. The van der Waals surface area contributed by atoms with E-state index in [1.165, 1.54) is 24.8 Å². The van der Waals surface area contributed by atoms with Gasteiger partial charge in [0.2, 0.25) is 0 Å². The smallest absolute Gasteiger partial charge is 0.251 e. The van der Waals surface area contributed by atoms with Gasteiger partial charge in [0, 0.05) is 24.8 Å². The Morgan fingerprint density at radius 2 is 1.92 bits per heavy atom. The Kier molecular flexibility index (Phi) is 5.08. The first-order chi connectivity index (χ1) is 11.6. The second-order valence-electron chi connectivity index (χ2n) is 6.36. The van der Waals surface area contributed by atoms with Crippen LogP contribution in [0.4, 0.5) is 5.82 Å². The van der Waals surface area contributed by atoms with Gasteiger partial charge in [-0.25, -0.2) is 9.97 Å². The van der Waals surface area contributed by atoms with Gasteiger partial charge >= 0.3 is 0 Å². The Hall–Kier alpha value is -2.43. The lowest BCUT2D eigenvalue weighted by Gasteiger charge is -2.27. The zero-order valence-electron chi connectivity index (χ0n) is 14.4. The lowest BCUT2D eigenvalue weighted by atomic mass is 10.1. The van der Waals surface area contributed by atoms with Gasteiger partial charge in [-0.2, -0.15) is 0 Å². The molecule has 1 fully saturated rings. The van der Waals surface area contributed by atoms with Crippen LogP contribution in [0.25, 0.3) is 0 Å². The largest absolute Gasteiger partial charge is 0.357 e. The first-order valence-electron chi connectivity index (χ1n) is 8.56. The molecule has 0 spiro atoms. The minimum Gasteiger partial charge on any atom is -0.357 e. The molecular weight excluding hydrogens is 300 g/mol. The zero-order valence-corrected chi connectivity index (χ0v) is 14.4. The molecule has 0 radical (unpaired) electrons. The average molecular weight is 324 g/mol. The summed E-state index contributed by atoms with van der Waals surface area (Å²) < 4.78 is 0. The summed E-state index contributed by atoms with van der Waals surface area (Å²) in [5, 5.41) is 2.91. The molecule has 1 saturated heterocycles. The Labute approximate surface area is 143 Å². The molecule has 1 aromatic carbocycles. The van der Waals surface area contributed by atoms with Crippen molar-refractivity contribution in [2.75, 3.05) is 18.0 Å². The van der Waals surface area contributed by atoms with Gasteiger partial charge in [0.25, 0.3) is 5.91 Å². The zero-order chi connectivity index (χ0) is 16.9. The minimum absolute atomic E-state index is 0.0925. The van der Waals surface area contributed by atoms with Gasteiger partial charge < -0.3 is 10.2 Å². The summed E-state index contributed by atoms with van der Waals surface area (Å²) in [6.45, 7) is 6.48. The van der Waals surface area contributed by atoms with E-state index in [9.17, 15) is 4.79 Å². The van der Waals surface area contributed by atoms with E-state index in [0.717, 1.165) is 24.5 Å². The average Bonchev–Trinajstić information content (AvgIpc) is 2.63. The second kappa shape index (κ2) is 7.43. The number of hydrogen-bond donors (Lipinski definition) is 1. The van der Waals surface area contributed by atoms with Crippen LogP contribution in [0.15, 0.2) is 30.5 Å². The van der Waals surface area contributed by atoms with Crippen LogP contribution >= 0.6 is 0 Å². The third-order valence-corrected chi connectivity index (χ3v) is 4.55. The molecule has 1 N–H and O–H groups in total. The van der Waals surface area contributed by atoms with E-state index in [1.54, 1.807) is 6.20 Å². The Balaban J connectivity index is 1.63. The van der Waals surface area contributed by atoms with E-state index in [4.69, 9.17) is 0 Å². The number of rotatable bonds is 4. The molecule has 0 atom stereocenters. The van der Waals surface area contributed by atoms with E-state index in [2.05, 4.69) is 20.2 Å². The highest BCUT2D eigenvalue weighted by Crippen LogP contribution is 2.17. The number of carbonyl (C=O) groups is 1. The van der Waals surface area contributed by atoms with Crippen LogP contribution in [0.1, 0.15) is 46.6 Å². The number of aryl methyl sites for hydroxylation is 2. The Bertz CT molecular complexity index is 723. The van der Waals surface area contributed by atoms with E-state index in [-0.39, 0.29) is 5.91 Å². The minimum atomic E-state index is -0.0925. The monoisotopic (exact) mass is 324 g/mol. The topological polar surface area (TPSA) is 58.1 Å². The van der Waals surface area contributed by atoms with Crippen molar-refractivity contribution >= 4 is 11.7 Å². The molecule has 3 rings (SSSR count). The fourth-order valence-electron chi connectivity index (χ4n) is 2.92. The van der Waals surface area contributed by atoms with Gasteiger partial charge in [-0.05, 0) is 62.4 Å². The molecule has 0 bridgehead atoms. The molecule has 1 amide bonds. The number of nitrogens with one attached hydrogen (secondary N) is 1. The lowest BCUT2D eigenvalue weighted by molar-refractivity contribution is 0.0950. The molecule has 5 heteroatoms. The maximum atomic E-state index is 12.3. The molecule has 126 valence electrons. The molecule has 1 aromatic heterocycles. The summed E-state index contributed by atoms with van der Waals surface area (Å²) in [4.78, 5) is 23.5. The molecule has 24 heavy (non-hydrogen) atoms. The van der Waals surface area contributed by atoms with Crippen molar-refractivity contribution in [1.29, 1.82) is 0 Å². The van der Waals surface area contributed by atoms with Crippen LogP contribution in [-0.2, 0) is 6.54 Å². The highest BCUT2D eigenvalue weighted by molar-refractivity contribution is 5.94. The molecule has 2 heterocycles.